The molecule has 0 saturated carbocycles. The molecule has 0 aromatic carbocycles. The topological polar surface area (TPSA) is 76.6 Å². The second kappa shape index (κ2) is 9.16. The Labute approximate surface area is 159 Å². The zero-order valence-corrected chi connectivity index (χ0v) is 15.5. The number of morpholine rings is 1. The summed E-state index contributed by atoms with van der Waals surface area (Å²) in [7, 11) is 0. The summed E-state index contributed by atoms with van der Waals surface area (Å²) in [6.45, 7) is 1.36. The van der Waals surface area contributed by atoms with E-state index in [9.17, 15) is 13.6 Å². The van der Waals surface area contributed by atoms with Crippen LogP contribution in [0.2, 0.25) is 0 Å². The summed E-state index contributed by atoms with van der Waals surface area (Å²) in [5, 5.41) is 3.27. The number of nitrogens with one attached hydrogen (secondary N) is 1. The second-order valence-electron chi connectivity index (χ2n) is 6.13. The average Bonchev–Trinajstić information content (AvgIpc) is 3.01. The molecule has 0 unspecified atom stereocenters. The molecule has 7 nitrogen and oxygen atoms in total. The molecular formula is C17H20F2N4O3S. The van der Waals surface area contributed by atoms with Crippen LogP contribution >= 0.6 is 11.3 Å². The van der Waals surface area contributed by atoms with E-state index >= 15 is 0 Å². The van der Waals surface area contributed by atoms with Gasteiger partial charge in [0.15, 0.2) is 5.13 Å². The molecule has 0 spiro atoms. The van der Waals surface area contributed by atoms with Gasteiger partial charge in [0.1, 0.15) is 0 Å². The maximum absolute atomic E-state index is 12.3. The lowest BCUT2D eigenvalue weighted by atomic mass is 10.1. The maximum Gasteiger partial charge on any atom is 0.388 e. The molecule has 3 rings (SSSR count). The third kappa shape index (κ3) is 6.19. The van der Waals surface area contributed by atoms with E-state index in [2.05, 4.69) is 24.9 Å². The fourth-order valence-electron chi connectivity index (χ4n) is 2.85. The van der Waals surface area contributed by atoms with Crippen molar-refractivity contribution in [1.82, 2.24) is 14.9 Å². The molecule has 1 atom stereocenters. The van der Waals surface area contributed by atoms with E-state index in [4.69, 9.17) is 4.74 Å². The van der Waals surface area contributed by atoms with E-state index in [0.717, 1.165) is 17.0 Å². The highest BCUT2D eigenvalue weighted by molar-refractivity contribution is 7.15. The van der Waals surface area contributed by atoms with Gasteiger partial charge in [-0.05, 0) is 11.6 Å². The van der Waals surface area contributed by atoms with Gasteiger partial charge in [-0.2, -0.15) is 8.78 Å². The summed E-state index contributed by atoms with van der Waals surface area (Å²) < 4.78 is 34.8. The van der Waals surface area contributed by atoms with Gasteiger partial charge in [-0.1, -0.05) is 0 Å². The minimum atomic E-state index is -2.89. The number of rotatable bonds is 7. The highest BCUT2D eigenvalue weighted by atomic mass is 32.1. The van der Waals surface area contributed by atoms with Gasteiger partial charge in [0, 0.05) is 56.3 Å². The highest BCUT2D eigenvalue weighted by Crippen LogP contribution is 2.22. The van der Waals surface area contributed by atoms with Gasteiger partial charge in [0.25, 0.3) is 0 Å². The molecule has 1 aliphatic heterocycles. The number of halogens is 2. The van der Waals surface area contributed by atoms with E-state index in [1.807, 2.05) is 0 Å². The monoisotopic (exact) mass is 398 g/mol. The summed E-state index contributed by atoms with van der Waals surface area (Å²) in [5.41, 5.74) is 0.832. The molecule has 2 aromatic rings. The van der Waals surface area contributed by atoms with Gasteiger partial charge < -0.3 is 14.8 Å². The highest BCUT2D eigenvalue weighted by Gasteiger charge is 2.22. The molecule has 3 heterocycles. The number of carbonyl (C=O) groups excluding carboxylic acids is 1. The largest absolute Gasteiger partial charge is 0.417 e. The summed E-state index contributed by atoms with van der Waals surface area (Å²) in [6, 6.07) is 3.28. The first kappa shape index (κ1) is 19.6. The lowest BCUT2D eigenvalue weighted by molar-refractivity contribution is -0.114. The second-order valence-corrected chi connectivity index (χ2v) is 7.24. The van der Waals surface area contributed by atoms with Crippen molar-refractivity contribution in [2.45, 2.75) is 32.6 Å². The number of amides is 1. The van der Waals surface area contributed by atoms with Crippen molar-refractivity contribution in [3.63, 3.8) is 0 Å². The molecule has 0 aliphatic carbocycles. The Hall–Kier alpha value is -2.17. The van der Waals surface area contributed by atoms with Crippen molar-refractivity contribution in [3.05, 3.63) is 35.0 Å². The van der Waals surface area contributed by atoms with Gasteiger partial charge in [-0.15, -0.1) is 11.3 Å². The van der Waals surface area contributed by atoms with Crippen LogP contribution in [0.3, 0.4) is 0 Å². The van der Waals surface area contributed by atoms with Gasteiger partial charge in [0.2, 0.25) is 11.8 Å². The normalized spacial score (nSPS) is 17.9. The molecule has 27 heavy (non-hydrogen) atoms. The molecule has 0 radical (unpaired) electrons. The number of aromatic nitrogens is 2. The first-order valence-electron chi connectivity index (χ1n) is 8.44. The Balaban J connectivity index is 1.55. The van der Waals surface area contributed by atoms with Crippen molar-refractivity contribution in [1.29, 1.82) is 0 Å². The fourth-order valence-corrected chi connectivity index (χ4v) is 3.75. The van der Waals surface area contributed by atoms with Crippen molar-refractivity contribution in [3.8, 4) is 5.88 Å². The summed E-state index contributed by atoms with van der Waals surface area (Å²) in [5.74, 6) is -0.236. The van der Waals surface area contributed by atoms with E-state index in [0.29, 0.717) is 31.2 Å². The predicted octanol–water partition coefficient (Wildman–Crippen LogP) is 2.54. The molecule has 1 aliphatic rings. The standard InChI is InChI=1S/C17H20F2N4O3S/c1-11(24)22-17-21-8-14(27-17)10-23-4-5-25-13(9-23)6-12-2-3-20-15(7-12)26-16(18)19/h2-3,7-8,13,16H,4-6,9-10H2,1H3,(H,21,22,24)/t13-/m1/s1. The molecule has 2 aromatic heterocycles. The SMILES string of the molecule is CC(=O)Nc1ncc(CN2CCO[C@H](Cc3ccnc(OC(F)F)c3)C2)s1. The van der Waals surface area contributed by atoms with Crippen LogP contribution in [0.1, 0.15) is 17.4 Å². The van der Waals surface area contributed by atoms with Crippen LogP contribution in [0.5, 0.6) is 5.88 Å². The summed E-state index contributed by atoms with van der Waals surface area (Å²) in [4.78, 5) is 22.4. The number of carbonyl (C=O) groups is 1. The molecule has 1 N–H and O–H groups in total. The number of nitrogens with zero attached hydrogens (tertiary/aromatic N) is 3. The first-order chi connectivity index (χ1) is 13.0. The van der Waals surface area contributed by atoms with Crippen molar-refractivity contribution < 1.29 is 23.0 Å². The van der Waals surface area contributed by atoms with Crippen molar-refractivity contribution in [2.24, 2.45) is 0 Å². The number of pyridine rings is 1. The Morgan fingerprint density at radius 2 is 2.37 bits per heavy atom. The zero-order valence-electron chi connectivity index (χ0n) is 14.7. The molecule has 146 valence electrons. The molecule has 1 saturated heterocycles. The van der Waals surface area contributed by atoms with Crippen LogP contribution in [-0.2, 0) is 22.5 Å². The van der Waals surface area contributed by atoms with Crippen LogP contribution in [-0.4, -0.2) is 53.2 Å². The first-order valence-corrected chi connectivity index (χ1v) is 9.25. The van der Waals surface area contributed by atoms with Gasteiger partial charge >= 0.3 is 6.61 Å². The minimum Gasteiger partial charge on any atom is -0.417 e. The molecular weight excluding hydrogens is 378 g/mol. The number of ether oxygens (including phenoxy) is 2. The Morgan fingerprint density at radius 3 is 3.15 bits per heavy atom. The lowest BCUT2D eigenvalue weighted by Gasteiger charge is -2.32. The smallest absolute Gasteiger partial charge is 0.388 e. The average molecular weight is 398 g/mol. The Bertz CT molecular complexity index is 774. The Kier molecular flexibility index (Phi) is 6.64. The van der Waals surface area contributed by atoms with E-state index < -0.39 is 6.61 Å². The lowest BCUT2D eigenvalue weighted by Crippen LogP contribution is -2.42. The number of alkyl halides is 2. The van der Waals surface area contributed by atoms with Crippen molar-refractivity contribution in [2.75, 3.05) is 25.0 Å². The van der Waals surface area contributed by atoms with Gasteiger partial charge in [0.05, 0.1) is 12.7 Å². The third-order valence-electron chi connectivity index (χ3n) is 3.91. The van der Waals surface area contributed by atoms with Gasteiger partial charge in [-0.3, -0.25) is 9.69 Å². The van der Waals surface area contributed by atoms with E-state index in [-0.39, 0.29) is 17.9 Å². The van der Waals surface area contributed by atoms with Crippen LogP contribution in [0.4, 0.5) is 13.9 Å². The quantitative estimate of drug-likeness (QED) is 0.773. The third-order valence-corrected chi connectivity index (χ3v) is 4.81. The number of anilines is 1. The predicted molar refractivity (Wildman–Crippen MR) is 96.0 cm³/mol. The molecule has 1 amide bonds. The molecule has 0 bridgehead atoms. The number of hydrogen-bond acceptors (Lipinski definition) is 7. The van der Waals surface area contributed by atoms with Crippen LogP contribution in [0.25, 0.3) is 0 Å². The minimum absolute atomic E-state index is 0.0525. The summed E-state index contributed by atoms with van der Waals surface area (Å²) >= 11 is 1.45. The number of hydrogen-bond donors (Lipinski definition) is 1. The summed E-state index contributed by atoms with van der Waals surface area (Å²) in [6.07, 6.45) is 3.74. The number of thiazole rings is 1. The van der Waals surface area contributed by atoms with E-state index in [1.165, 1.54) is 30.5 Å². The maximum atomic E-state index is 12.3. The van der Waals surface area contributed by atoms with Gasteiger partial charge in [-0.25, -0.2) is 9.97 Å². The van der Waals surface area contributed by atoms with Crippen LogP contribution in [0, 0.1) is 0 Å². The molecule has 1 fully saturated rings. The van der Waals surface area contributed by atoms with Crippen LogP contribution in [0.15, 0.2) is 24.5 Å². The Morgan fingerprint density at radius 1 is 1.52 bits per heavy atom. The molecule has 10 heteroatoms. The van der Waals surface area contributed by atoms with Crippen molar-refractivity contribution >= 4 is 22.4 Å². The zero-order chi connectivity index (χ0) is 19.2. The fraction of sp³-hybridized carbons (Fsp3) is 0.471. The van der Waals surface area contributed by atoms with E-state index in [1.54, 1.807) is 12.3 Å². The van der Waals surface area contributed by atoms with Crippen LogP contribution < -0.4 is 10.1 Å².